The van der Waals surface area contributed by atoms with Crippen LogP contribution in [0.25, 0.3) is 0 Å². The van der Waals surface area contributed by atoms with E-state index in [1.54, 1.807) is 6.20 Å². The Hall–Kier alpha value is -1.01. The molecule has 1 N–H and O–H groups in total. The van der Waals surface area contributed by atoms with Crippen molar-refractivity contribution in [3.05, 3.63) is 12.4 Å². The highest BCUT2D eigenvalue weighted by molar-refractivity contribution is 7.99. The topological polar surface area (TPSA) is 64.4 Å². The van der Waals surface area contributed by atoms with Gasteiger partial charge in [-0.15, -0.1) is 0 Å². The Morgan fingerprint density at radius 1 is 1.59 bits per heavy atom. The fraction of sp³-hybridized carbons (Fsp3) is 0.636. The van der Waals surface area contributed by atoms with Crippen molar-refractivity contribution in [2.75, 3.05) is 19.0 Å². The summed E-state index contributed by atoms with van der Waals surface area (Å²) in [5.41, 5.74) is 0. The van der Waals surface area contributed by atoms with E-state index in [1.807, 2.05) is 10.8 Å². The van der Waals surface area contributed by atoms with Crippen molar-refractivity contribution in [2.24, 2.45) is 0 Å². The monoisotopic (exact) mass is 258 g/mol. The summed E-state index contributed by atoms with van der Waals surface area (Å²) in [6, 6.07) is 0. The highest BCUT2D eigenvalue weighted by Crippen LogP contribution is 2.15. The standard InChI is InChI=1S/C11H18N2O3S/c1-2-7-16-8-3-5-13-6-4-12-11(13)17-9-10(14)15/h4,6H,2-3,5,7-9H2,1H3,(H,14,15). The zero-order valence-corrected chi connectivity index (χ0v) is 10.8. The second-order valence-electron chi connectivity index (χ2n) is 3.55. The lowest BCUT2D eigenvalue weighted by molar-refractivity contribution is -0.133. The maximum atomic E-state index is 10.5. The SMILES string of the molecule is CCCOCCCn1ccnc1SCC(=O)O. The first-order valence-electron chi connectivity index (χ1n) is 5.67. The zero-order chi connectivity index (χ0) is 12.5. The highest BCUT2D eigenvalue weighted by atomic mass is 32.2. The quantitative estimate of drug-likeness (QED) is 0.541. The molecule has 1 aromatic heterocycles. The van der Waals surface area contributed by atoms with Gasteiger partial charge in [0.05, 0.1) is 5.75 Å². The molecule has 0 spiro atoms. The molecule has 6 heteroatoms. The second-order valence-corrected chi connectivity index (χ2v) is 4.49. The molecule has 17 heavy (non-hydrogen) atoms. The van der Waals surface area contributed by atoms with Crippen LogP contribution >= 0.6 is 11.8 Å². The van der Waals surface area contributed by atoms with Gasteiger partial charge in [-0.2, -0.15) is 0 Å². The minimum Gasteiger partial charge on any atom is -0.481 e. The molecule has 0 aliphatic heterocycles. The van der Waals surface area contributed by atoms with Gasteiger partial charge in [0.2, 0.25) is 0 Å². The lowest BCUT2D eigenvalue weighted by Crippen LogP contribution is -2.05. The molecular weight excluding hydrogens is 240 g/mol. The van der Waals surface area contributed by atoms with E-state index in [-0.39, 0.29) is 5.75 Å². The minimum atomic E-state index is -0.823. The van der Waals surface area contributed by atoms with Crippen LogP contribution in [0.15, 0.2) is 17.6 Å². The van der Waals surface area contributed by atoms with Crippen molar-refractivity contribution in [3.8, 4) is 0 Å². The Bertz CT molecular complexity index is 341. The Kier molecular flexibility index (Phi) is 6.73. The Labute approximate surface area is 105 Å². The number of aliphatic carboxylic acids is 1. The van der Waals surface area contributed by atoms with Crippen molar-refractivity contribution in [2.45, 2.75) is 31.5 Å². The summed E-state index contributed by atoms with van der Waals surface area (Å²) >= 11 is 1.24. The van der Waals surface area contributed by atoms with Crippen LogP contribution in [0.1, 0.15) is 19.8 Å². The molecular formula is C11H18N2O3S. The Morgan fingerprint density at radius 2 is 2.41 bits per heavy atom. The van der Waals surface area contributed by atoms with Crippen LogP contribution in [0.4, 0.5) is 0 Å². The third-order valence-corrected chi connectivity index (χ3v) is 3.03. The Balaban J connectivity index is 2.27. The molecule has 5 nitrogen and oxygen atoms in total. The third kappa shape index (κ3) is 5.74. The first kappa shape index (κ1) is 14.1. The zero-order valence-electron chi connectivity index (χ0n) is 9.96. The van der Waals surface area contributed by atoms with E-state index in [0.717, 1.165) is 37.8 Å². The van der Waals surface area contributed by atoms with Crippen LogP contribution in [0.5, 0.6) is 0 Å². The van der Waals surface area contributed by atoms with Gasteiger partial charge in [-0.3, -0.25) is 4.79 Å². The number of nitrogens with zero attached hydrogens (tertiary/aromatic N) is 2. The van der Waals surface area contributed by atoms with Crippen molar-refractivity contribution >= 4 is 17.7 Å². The smallest absolute Gasteiger partial charge is 0.313 e. The number of carbonyl (C=O) groups is 1. The van der Waals surface area contributed by atoms with Gasteiger partial charge in [0, 0.05) is 32.2 Å². The van der Waals surface area contributed by atoms with Gasteiger partial charge in [0.25, 0.3) is 0 Å². The molecule has 0 aliphatic rings. The molecule has 0 aliphatic carbocycles. The lowest BCUT2D eigenvalue weighted by atomic mass is 10.4. The number of ether oxygens (including phenoxy) is 1. The number of hydrogen-bond acceptors (Lipinski definition) is 4. The van der Waals surface area contributed by atoms with Gasteiger partial charge in [-0.1, -0.05) is 18.7 Å². The van der Waals surface area contributed by atoms with Crippen LogP contribution in [0.3, 0.4) is 0 Å². The van der Waals surface area contributed by atoms with Gasteiger partial charge in [-0.25, -0.2) is 4.98 Å². The summed E-state index contributed by atoms with van der Waals surface area (Å²) < 4.78 is 7.35. The van der Waals surface area contributed by atoms with Gasteiger partial charge >= 0.3 is 5.97 Å². The number of carboxylic acid groups (broad SMARTS) is 1. The van der Waals surface area contributed by atoms with Crippen molar-refractivity contribution < 1.29 is 14.6 Å². The van der Waals surface area contributed by atoms with E-state index in [1.165, 1.54) is 11.8 Å². The molecule has 0 aromatic carbocycles. The molecule has 1 heterocycles. The fourth-order valence-electron chi connectivity index (χ4n) is 1.32. The maximum Gasteiger partial charge on any atom is 0.313 e. The van der Waals surface area contributed by atoms with E-state index < -0.39 is 5.97 Å². The van der Waals surface area contributed by atoms with Crippen LogP contribution in [-0.2, 0) is 16.1 Å². The molecule has 0 radical (unpaired) electrons. The normalized spacial score (nSPS) is 10.6. The predicted molar refractivity (Wildman–Crippen MR) is 66.3 cm³/mol. The average Bonchev–Trinajstić information content (AvgIpc) is 2.73. The summed E-state index contributed by atoms with van der Waals surface area (Å²) in [6.07, 6.45) is 5.50. The van der Waals surface area contributed by atoms with Gasteiger partial charge in [0.15, 0.2) is 5.16 Å². The fourth-order valence-corrected chi connectivity index (χ4v) is 2.02. The molecule has 1 rings (SSSR count). The number of hydrogen-bond donors (Lipinski definition) is 1. The molecule has 0 saturated carbocycles. The van der Waals surface area contributed by atoms with E-state index >= 15 is 0 Å². The highest BCUT2D eigenvalue weighted by Gasteiger charge is 2.05. The van der Waals surface area contributed by atoms with Crippen LogP contribution in [-0.4, -0.2) is 39.6 Å². The summed E-state index contributed by atoms with van der Waals surface area (Å²) in [5, 5.41) is 9.35. The number of carboxylic acids is 1. The summed E-state index contributed by atoms with van der Waals surface area (Å²) in [5.74, 6) is -0.778. The molecule has 0 amide bonds. The lowest BCUT2D eigenvalue weighted by Gasteiger charge is -2.06. The number of imidazole rings is 1. The van der Waals surface area contributed by atoms with Crippen LogP contribution in [0, 0.1) is 0 Å². The van der Waals surface area contributed by atoms with Gasteiger partial charge in [0.1, 0.15) is 0 Å². The molecule has 0 bridgehead atoms. The first-order chi connectivity index (χ1) is 8.24. The number of rotatable bonds is 9. The summed E-state index contributed by atoms with van der Waals surface area (Å²) in [6.45, 7) is 4.42. The summed E-state index contributed by atoms with van der Waals surface area (Å²) in [4.78, 5) is 14.6. The van der Waals surface area contributed by atoms with Crippen molar-refractivity contribution in [3.63, 3.8) is 0 Å². The molecule has 1 aromatic rings. The van der Waals surface area contributed by atoms with Crippen LogP contribution < -0.4 is 0 Å². The summed E-state index contributed by atoms with van der Waals surface area (Å²) in [7, 11) is 0. The molecule has 0 unspecified atom stereocenters. The van der Waals surface area contributed by atoms with E-state index in [4.69, 9.17) is 9.84 Å². The predicted octanol–water partition coefficient (Wildman–Crippen LogP) is 1.88. The largest absolute Gasteiger partial charge is 0.481 e. The van der Waals surface area contributed by atoms with Crippen LogP contribution in [0.2, 0.25) is 0 Å². The van der Waals surface area contributed by atoms with E-state index in [2.05, 4.69) is 11.9 Å². The number of aryl methyl sites for hydroxylation is 1. The van der Waals surface area contributed by atoms with Crippen molar-refractivity contribution in [1.82, 2.24) is 9.55 Å². The second kappa shape index (κ2) is 8.14. The van der Waals surface area contributed by atoms with E-state index in [0.29, 0.717) is 0 Å². The maximum absolute atomic E-state index is 10.5. The molecule has 0 atom stereocenters. The van der Waals surface area contributed by atoms with E-state index in [9.17, 15) is 4.79 Å². The molecule has 0 fully saturated rings. The number of thioether (sulfide) groups is 1. The van der Waals surface area contributed by atoms with Gasteiger partial charge in [-0.05, 0) is 12.8 Å². The Morgan fingerprint density at radius 3 is 3.12 bits per heavy atom. The number of aromatic nitrogens is 2. The molecule has 0 saturated heterocycles. The minimum absolute atomic E-state index is 0.0450. The molecule has 96 valence electrons. The average molecular weight is 258 g/mol. The third-order valence-electron chi connectivity index (χ3n) is 2.04. The van der Waals surface area contributed by atoms with Crippen molar-refractivity contribution in [1.29, 1.82) is 0 Å². The first-order valence-corrected chi connectivity index (χ1v) is 6.66. The van der Waals surface area contributed by atoms with Gasteiger partial charge < -0.3 is 14.4 Å².